The number of nitrogens with one attached hydrogen (secondary N) is 1. The smallest absolute Gasteiger partial charge is 0.222 e. The molecule has 0 atom stereocenters. The van der Waals surface area contributed by atoms with Crippen molar-refractivity contribution in [1.29, 1.82) is 0 Å². The monoisotopic (exact) mass is 236 g/mol. The first-order valence-corrected chi connectivity index (χ1v) is 5.88. The van der Waals surface area contributed by atoms with Crippen molar-refractivity contribution in [2.75, 3.05) is 13.2 Å². The van der Waals surface area contributed by atoms with Gasteiger partial charge in [-0.1, -0.05) is 24.3 Å². The summed E-state index contributed by atoms with van der Waals surface area (Å²) >= 11 is 0. The molecule has 0 saturated heterocycles. The Bertz CT molecular complexity index is 336. The van der Waals surface area contributed by atoms with Crippen molar-refractivity contribution >= 4 is 5.91 Å². The van der Waals surface area contributed by atoms with Crippen molar-refractivity contribution in [2.45, 2.75) is 26.4 Å². The fourth-order valence-electron chi connectivity index (χ4n) is 1.39. The third kappa shape index (κ3) is 5.47. The molecule has 0 saturated carbocycles. The van der Waals surface area contributed by atoms with Gasteiger partial charge in [-0.3, -0.25) is 4.79 Å². The Morgan fingerprint density at radius 3 is 2.53 bits per heavy atom. The van der Waals surface area contributed by atoms with Crippen molar-refractivity contribution < 1.29 is 9.53 Å². The molecule has 0 aliphatic carbocycles. The van der Waals surface area contributed by atoms with E-state index in [1.165, 1.54) is 0 Å². The fraction of sp³-hybridized carbons (Fsp3) is 0.462. The lowest BCUT2D eigenvalue weighted by Gasteiger charge is -2.06. The molecular formula is C13H20N2O2. The zero-order chi connectivity index (χ0) is 12.5. The zero-order valence-corrected chi connectivity index (χ0v) is 10.2. The number of rotatable bonds is 7. The summed E-state index contributed by atoms with van der Waals surface area (Å²) in [5.41, 5.74) is 7.68. The summed E-state index contributed by atoms with van der Waals surface area (Å²) < 4.78 is 5.11. The van der Waals surface area contributed by atoms with Crippen LogP contribution in [0.4, 0.5) is 0 Å². The molecule has 1 rings (SSSR count). The highest BCUT2D eigenvalue weighted by Crippen LogP contribution is 2.03. The lowest BCUT2D eigenvalue weighted by atomic mass is 10.1. The highest BCUT2D eigenvalue weighted by Gasteiger charge is 2.00. The van der Waals surface area contributed by atoms with Gasteiger partial charge in [-0.05, 0) is 18.1 Å². The predicted octanol–water partition coefficient (Wildman–Crippen LogP) is 1.19. The van der Waals surface area contributed by atoms with E-state index in [0.29, 0.717) is 32.7 Å². The lowest BCUT2D eigenvalue weighted by Crippen LogP contribution is -2.23. The standard InChI is InChI=1S/C13H20N2O2/c1-2-17-8-7-13(16)15-10-12-5-3-11(9-14)4-6-12/h3-6H,2,7-10,14H2,1H3,(H,15,16). The third-order valence-corrected chi connectivity index (χ3v) is 2.43. The van der Waals surface area contributed by atoms with Crippen molar-refractivity contribution in [3.63, 3.8) is 0 Å². The van der Waals surface area contributed by atoms with Crippen LogP contribution in [0.1, 0.15) is 24.5 Å². The first kappa shape index (κ1) is 13.7. The van der Waals surface area contributed by atoms with Gasteiger partial charge < -0.3 is 15.8 Å². The third-order valence-electron chi connectivity index (χ3n) is 2.43. The number of carbonyl (C=O) groups is 1. The lowest BCUT2D eigenvalue weighted by molar-refractivity contribution is -0.122. The molecule has 4 heteroatoms. The molecule has 0 aliphatic rings. The van der Waals surface area contributed by atoms with Gasteiger partial charge in [0.1, 0.15) is 0 Å². The van der Waals surface area contributed by atoms with Crippen LogP contribution in [0.25, 0.3) is 0 Å². The van der Waals surface area contributed by atoms with Gasteiger partial charge in [-0.2, -0.15) is 0 Å². The molecule has 0 aromatic heterocycles. The fourth-order valence-corrected chi connectivity index (χ4v) is 1.39. The van der Waals surface area contributed by atoms with Crippen LogP contribution >= 0.6 is 0 Å². The molecule has 1 aromatic carbocycles. The van der Waals surface area contributed by atoms with E-state index in [1.807, 2.05) is 31.2 Å². The topological polar surface area (TPSA) is 64.3 Å². The average Bonchev–Trinajstić information content (AvgIpc) is 2.37. The minimum atomic E-state index is 0.0151. The van der Waals surface area contributed by atoms with Gasteiger partial charge in [0, 0.05) is 26.1 Å². The van der Waals surface area contributed by atoms with Crippen molar-refractivity contribution in [1.82, 2.24) is 5.32 Å². The molecule has 4 nitrogen and oxygen atoms in total. The first-order chi connectivity index (χ1) is 8.26. The van der Waals surface area contributed by atoms with Gasteiger partial charge in [-0.15, -0.1) is 0 Å². The maximum Gasteiger partial charge on any atom is 0.222 e. The summed E-state index contributed by atoms with van der Waals surface area (Å²) in [6.07, 6.45) is 0.411. The molecule has 0 fully saturated rings. The quantitative estimate of drug-likeness (QED) is 0.699. The van der Waals surface area contributed by atoms with E-state index in [-0.39, 0.29) is 5.91 Å². The van der Waals surface area contributed by atoms with Crippen LogP contribution in [-0.2, 0) is 22.6 Å². The number of benzene rings is 1. The molecule has 0 unspecified atom stereocenters. The summed E-state index contributed by atoms with van der Waals surface area (Å²) in [7, 11) is 0. The van der Waals surface area contributed by atoms with E-state index in [9.17, 15) is 4.79 Å². The second kappa shape index (κ2) is 7.81. The highest BCUT2D eigenvalue weighted by atomic mass is 16.5. The Balaban J connectivity index is 2.27. The van der Waals surface area contributed by atoms with E-state index in [1.54, 1.807) is 0 Å². The molecule has 0 radical (unpaired) electrons. The summed E-state index contributed by atoms with van der Waals surface area (Å²) in [5, 5.41) is 2.85. The van der Waals surface area contributed by atoms with Crippen molar-refractivity contribution in [3.8, 4) is 0 Å². The zero-order valence-electron chi connectivity index (χ0n) is 10.2. The van der Waals surface area contributed by atoms with Gasteiger partial charge in [-0.25, -0.2) is 0 Å². The van der Waals surface area contributed by atoms with E-state index >= 15 is 0 Å². The molecular weight excluding hydrogens is 216 g/mol. The molecule has 0 aliphatic heterocycles. The highest BCUT2D eigenvalue weighted by molar-refractivity contribution is 5.75. The van der Waals surface area contributed by atoms with E-state index in [4.69, 9.17) is 10.5 Å². The van der Waals surface area contributed by atoms with Crippen LogP contribution in [0, 0.1) is 0 Å². The van der Waals surface area contributed by atoms with Crippen LogP contribution in [0.2, 0.25) is 0 Å². The second-order valence-corrected chi connectivity index (χ2v) is 3.74. The minimum Gasteiger partial charge on any atom is -0.381 e. The minimum absolute atomic E-state index is 0.0151. The number of carbonyl (C=O) groups excluding carboxylic acids is 1. The molecule has 0 spiro atoms. The average molecular weight is 236 g/mol. The van der Waals surface area contributed by atoms with Crippen LogP contribution in [-0.4, -0.2) is 19.1 Å². The van der Waals surface area contributed by atoms with Crippen molar-refractivity contribution in [3.05, 3.63) is 35.4 Å². The van der Waals surface area contributed by atoms with E-state index < -0.39 is 0 Å². The first-order valence-electron chi connectivity index (χ1n) is 5.88. The molecule has 0 heterocycles. The molecule has 3 N–H and O–H groups in total. The second-order valence-electron chi connectivity index (χ2n) is 3.74. The molecule has 94 valence electrons. The van der Waals surface area contributed by atoms with Gasteiger partial charge in [0.25, 0.3) is 0 Å². The van der Waals surface area contributed by atoms with Crippen LogP contribution in [0.5, 0.6) is 0 Å². The Labute approximate surface area is 102 Å². The Morgan fingerprint density at radius 2 is 1.94 bits per heavy atom. The van der Waals surface area contributed by atoms with E-state index in [0.717, 1.165) is 11.1 Å². The molecule has 1 aromatic rings. The number of hydrogen-bond acceptors (Lipinski definition) is 3. The summed E-state index contributed by atoms with van der Waals surface area (Å²) in [6.45, 7) is 4.13. The van der Waals surface area contributed by atoms with Crippen LogP contribution in [0.15, 0.2) is 24.3 Å². The van der Waals surface area contributed by atoms with Gasteiger partial charge in [0.05, 0.1) is 6.61 Å². The Kier molecular flexibility index (Phi) is 6.29. The Morgan fingerprint density at radius 1 is 1.29 bits per heavy atom. The number of amides is 1. The summed E-state index contributed by atoms with van der Waals surface area (Å²) in [4.78, 5) is 11.4. The van der Waals surface area contributed by atoms with Gasteiger partial charge in [0.2, 0.25) is 5.91 Å². The Hall–Kier alpha value is -1.39. The summed E-state index contributed by atoms with van der Waals surface area (Å²) in [5.74, 6) is 0.0151. The number of nitrogens with two attached hydrogens (primary N) is 1. The maximum atomic E-state index is 11.4. The molecule has 1 amide bonds. The largest absolute Gasteiger partial charge is 0.381 e. The SMILES string of the molecule is CCOCCC(=O)NCc1ccc(CN)cc1. The summed E-state index contributed by atoms with van der Waals surface area (Å²) in [6, 6.07) is 7.90. The number of hydrogen-bond donors (Lipinski definition) is 2. The maximum absolute atomic E-state index is 11.4. The van der Waals surface area contributed by atoms with Crippen LogP contribution in [0.3, 0.4) is 0 Å². The van der Waals surface area contributed by atoms with Gasteiger partial charge >= 0.3 is 0 Å². The van der Waals surface area contributed by atoms with Gasteiger partial charge in [0.15, 0.2) is 0 Å². The molecule has 0 bridgehead atoms. The molecule has 17 heavy (non-hydrogen) atoms. The van der Waals surface area contributed by atoms with Crippen molar-refractivity contribution in [2.24, 2.45) is 5.73 Å². The van der Waals surface area contributed by atoms with Crippen LogP contribution < -0.4 is 11.1 Å². The predicted molar refractivity (Wildman–Crippen MR) is 67.3 cm³/mol. The number of ether oxygens (including phenoxy) is 1. The van der Waals surface area contributed by atoms with E-state index in [2.05, 4.69) is 5.32 Å². The normalized spacial score (nSPS) is 10.2.